The SMILES string of the molecule is CC(C)CCC[C@@H](C)[C@H]1CC[C@H]2[C@@H]3[C@@H](O)C=C4C[C@@H](OC(=O)N5CCOCC5)CC[C@]4(C)[C@H]3CC[C@]12C. The molecule has 210 valence electrons. The summed E-state index contributed by atoms with van der Waals surface area (Å²) >= 11 is 0. The van der Waals surface area contributed by atoms with E-state index in [2.05, 4.69) is 40.7 Å². The van der Waals surface area contributed by atoms with Gasteiger partial charge in [-0.25, -0.2) is 4.79 Å². The molecule has 1 amide bonds. The predicted molar refractivity (Wildman–Crippen MR) is 147 cm³/mol. The molecule has 0 aromatic heterocycles. The third-order valence-electron chi connectivity index (χ3n) is 11.8. The van der Waals surface area contributed by atoms with Crippen molar-refractivity contribution in [1.29, 1.82) is 0 Å². The molecule has 1 N–H and O–H groups in total. The molecule has 0 aromatic rings. The van der Waals surface area contributed by atoms with Crippen LogP contribution in [-0.2, 0) is 9.47 Å². The molecule has 1 heterocycles. The Hall–Kier alpha value is -1.07. The van der Waals surface area contributed by atoms with Crippen molar-refractivity contribution in [2.24, 2.45) is 46.3 Å². The highest BCUT2D eigenvalue weighted by atomic mass is 16.6. The first kappa shape index (κ1) is 27.5. The van der Waals surface area contributed by atoms with Crippen LogP contribution >= 0.6 is 0 Å². The van der Waals surface area contributed by atoms with E-state index in [-0.39, 0.29) is 23.7 Å². The molecule has 9 atom stereocenters. The first-order valence-corrected chi connectivity index (χ1v) is 15.6. The highest BCUT2D eigenvalue weighted by Gasteiger charge is 2.61. The number of fused-ring (bicyclic) bond motifs is 5. The van der Waals surface area contributed by atoms with Gasteiger partial charge in [0.25, 0.3) is 0 Å². The summed E-state index contributed by atoms with van der Waals surface area (Å²) in [6.07, 6.45) is 13.6. The van der Waals surface area contributed by atoms with Crippen molar-refractivity contribution in [3.05, 3.63) is 11.6 Å². The molecule has 5 rings (SSSR count). The van der Waals surface area contributed by atoms with Gasteiger partial charge in [-0.3, -0.25) is 0 Å². The predicted octanol–water partition coefficient (Wildman–Crippen LogP) is 6.84. The molecule has 0 radical (unpaired) electrons. The van der Waals surface area contributed by atoms with E-state index in [9.17, 15) is 9.90 Å². The molecule has 1 saturated heterocycles. The van der Waals surface area contributed by atoms with Gasteiger partial charge in [-0.05, 0) is 84.9 Å². The smallest absolute Gasteiger partial charge is 0.410 e. The molecular formula is C32H53NO4. The van der Waals surface area contributed by atoms with Gasteiger partial charge in [-0.2, -0.15) is 0 Å². The fraction of sp³-hybridized carbons (Fsp3) is 0.906. The Morgan fingerprint density at radius 2 is 1.84 bits per heavy atom. The third kappa shape index (κ3) is 5.13. The van der Waals surface area contributed by atoms with Gasteiger partial charge >= 0.3 is 6.09 Å². The largest absolute Gasteiger partial charge is 0.446 e. The fourth-order valence-electron chi connectivity index (χ4n) is 9.70. The van der Waals surface area contributed by atoms with E-state index in [4.69, 9.17) is 9.47 Å². The van der Waals surface area contributed by atoms with E-state index >= 15 is 0 Å². The number of carbonyl (C=O) groups excluding carboxylic acids is 1. The van der Waals surface area contributed by atoms with Gasteiger partial charge in [-0.15, -0.1) is 0 Å². The Labute approximate surface area is 225 Å². The molecule has 0 spiro atoms. The summed E-state index contributed by atoms with van der Waals surface area (Å²) in [6.45, 7) is 14.7. The number of nitrogens with zero attached hydrogens (tertiary/aromatic N) is 1. The van der Waals surface area contributed by atoms with Crippen LogP contribution in [0.5, 0.6) is 0 Å². The van der Waals surface area contributed by atoms with E-state index in [0.29, 0.717) is 49.5 Å². The number of rotatable bonds is 6. The van der Waals surface area contributed by atoms with Crippen LogP contribution in [0.4, 0.5) is 4.79 Å². The molecule has 5 aliphatic rings. The molecule has 4 aliphatic carbocycles. The number of aliphatic hydroxyl groups excluding tert-OH is 1. The highest BCUT2D eigenvalue weighted by Crippen LogP contribution is 2.67. The summed E-state index contributed by atoms with van der Waals surface area (Å²) < 4.78 is 11.4. The lowest BCUT2D eigenvalue weighted by atomic mass is 9.46. The average Bonchev–Trinajstić information content (AvgIpc) is 3.22. The maximum absolute atomic E-state index is 12.7. The molecule has 3 saturated carbocycles. The monoisotopic (exact) mass is 515 g/mol. The van der Waals surface area contributed by atoms with Crippen LogP contribution in [0.2, 0.25) is 0 Å². The molecule has 0 aromatic carbocycles. The minimum absolute atomic E-state index is 0.0742. The van der Waals surface area contributed by atoms with Crippen molar-refractivity contribution in [2.75, 3.05) is 26.3 Å². The van der Waals surface area contributed by atoms with Gasteiger partial charge in [0, 0.05) is 19.5 Å². The average molecular weight is 516 g/mol. The quantitative estimate of drug-likeness (QED) is 0.394. The van der Waals surface area contributed by atoms with Crippen molar-refractivity contribution < 1.29 is 19.4 Å². The number of morpholine rings is 1. The van der Waals surface area contributed by atoms with Gasteiger partial charge in [0.2, 0.25) is 0 Å². The lowest BCUT2D eigenvalue weighted by molar-refractivity contribution is -0.0982. The molecule has 1 aliphatic heterocycles. The number of carbonyl (C=O) groups is 1. The summed E-state index contributed by atoms with van der Waals surface area (Å²) in [5.41, 5.74) is 1.85. The lowest BCUT2D eigenvalue weighted by Gasteiger charge is -2.59. The number of hydrogen-bond donors (Lipinski definition) is 1. The summed E-state index contributed by atoms with van der Waals surface area (Å²) in [5, 5.41) is 11.6. The highest BCUT2D eigenvalue weighted by molar-refractivity contribution is 5.68. The molecule has 5 heteroatoms. The van der Waals surface area contributed by atoms with Crippen molar-refractivity contribution in [3.63, 3.8) is 0 Å². The fourth-order valence-corrected chi connectivity index (χ4v) is 9.70. The zero-order valence-corrected chi connectivity index (χ0v) is 24.2. The van der Waals surface area contributed by atoms with Crippen LogP contribution < -0.4 is 0 Å². The second kappa shape index (κ2) is 10.8. The minimum atomic E-state index is -0.360. The summed E-state index contributed by atoms with van der Waals surface area (Å²) in [5.74, 6) is 3.94. The van der Waals surface area contributed by atoms with Crippen molar-refractivity contribution >= 4 is 6.09 Å². The number of aliphatic hydroxyl groups is 1. The van der Waals surface area contributed by atoms with Gasteiger partial charge in [0.15, 0.2) is 0 Å². The maximum atomic E-state index is 12.7. The van der Waals surface area contributed by atoms with Crippen molar-refractivity contribution in [1.82, 2.24) is 4.90 Å². The summed E-state index contributed by atoms with van der Waals surface area (Å²) in [7, 11) is 0. The van der Waals surface area contributed by atoms with E-state index < -0.39 is 0 Å². The topological polar surface area (TPSA) is 59.0 Å². The first-order chi connectivity index (χ1) is 17.6. The Balaban J connectivity index is 1.27. The molecule has 4 fully saturated rings. The van der Waals surface area contributed by atoms with Crippen molar-refractivity contribution in [3.8, 4) is 0 Å². The Kier molecular flexibility index (Phi) is 8.05. The van der Waals surface area contributed by atoms with Gasteiger partial charge in [0.05, 0.1) is 19.3 Å². The molecule has 0 bridgehead atoms. The molecule has 37 heavy (non-hydrogen) atoms. The van der Waals surface area contributed by atoms with E-state index in [1.807, 2.05) is 0 Å². The van der Waals surface area contributed by atoms with Crippen LogP contribution in [-0.4, -0.2) is 54.6 Å². The Morgan fingerprint density at radius 3 is 2.57 bits per heavy atom. The van der Waals surface area contributed by atoms with Crippen LogP contribution in [0.25, 0.3) is 0 Å². The second-order valence-corrected chi connectivity index (χ2v) is 14.3. The Bertz CT molecular complexity index is 850. The molecule has 5 nitrogen and oxygen atoms in total. The number of hydrogen-bond acceptors (Lipinski definition) is 4. The van der Waals surface area contributed by atoms with Gasteiger partial charge in [-0.1, -0.05) is 65.5 Å². The van der Waals surface area contributed by atoms with E-state index in [1.54, 1.807) is 4.90 Å². The third-order valence-corrected chi connectivity index (χ3v) is 11.8. The minimum Gasteiger partial charge on any atom is -0.446 e. The van der Waals surface area contributed by atoms with Crippen LogP contribution in [0, 0.1) is 46.3 Å². The van der Waals surface area contributed by atoms with Crippen molar-refractivity contribution in [2.45, 2.75) is 111 Å². The zero-order valence-electron chi connectivity index (χ0n) is 24.2. The maximum Gasteiger partial charge on any atom is 0.410 e. The summed E-state index contributed by atoms with van der Waals surface area (Å²) in [4.78, 5) is 14.5. The van der Waals surface area contributed by atoms with Crippen LogP contribution in [0.3, 0.4) is 0 Å². The number of ether oxygens (including phenoxy) is 2. The lowest BCUT2D eigenvalue weighted by Crippen LogP contribution is -2.55. The zero-order chi connectivity index (χ0) is 26.4. The second-order valence-electron chi connectivity index (χ2n) is 14.3. The summed E-state index contributed by atoms with van der Waals surface area (Å²) in [6, 6.07) is 0. The normalized spacial score (nSPS) is 42.5. The van der Waals surface area contributed by atoms with Crippen LogP contribution in [0.15, 0.2) is 11.6 Å². The van der Waals surface area contributed by atoms with Gasteiger partial charge < -0.3 is 19.5 Å². The van der Waals surface area contributed by atoms with E-state index in [0.717, 1.165) is 37.0 Å². The Morgan fingerprint density at radius 1 is 1.08 bits per heavy atom. The number of amides is 1. The van der Waals surface area contributed by atoms with Crippen LogP contribution in [0.1, 0.15) is 98.8 Å². The van der Waals surface area contributed by atoms with E-state index in [1.165, 1.54) is 50.5 Å². The van der Waals surface area contributed by atoms with Gasteiger partial charge in [0.1, 0.15) is 6.10 Å². The first-order valence-electron chi connectivity index (χ1n) is 15.6. The standard InChI is InChI=1S/C32H53NO4/c1-21(2)7-6-8-22(3)25-9-10-26-29-27(12-14-32(25,26)5)31(4)13-11-24(19-23(31)20-28(29)34)37-30(35)33-15-17-36-18-16-33/h20-22,24-29,34H,6-19H2,1-5H3/t22-,24+,25-,26+,27+,28+,29+,31+,32-/m1/s1. The molecular weight excluding hydrogens is 462 g/mol. The molecule has 0 unspecified atom stereocenters.